The van der Waals surface area contributed by atoms with Crippen LogP contribution in [-0.2, 0) is 0 Å². The molecular formula is C24H23ClN6O2. The van der Waals surface area contributed by atoms with Crippen LogP contribution in [0.3, 0.4) is 0 Å². The van der Waals surface area contributed by atoms with E-state index < -0.39 is 0 Å². The smallest absolute Gasteiger partial charge is 0.256 e. The maximum atomic E-state index is 13.5. The highest BCUT2D eigenvalue weighted by Crippen LogP contribution is 2.28. The quantitative estimate of drug-likeness (QED) is 0.498. The van der Waals surface area contributed by atoms with E-state index in [0.29, 0.717) is 35.4 Å². The van der Waals surface area contributed by atoms with Gasteiger partial charge in [0.15, 0.2) is 0 Å². The van der Waals surface area contributed by atoms with Gasteiger partial charge in [-0.2, -0.15) is 4.98 Å². The van der Waals surface area contributed by atoms with Crippen LogP contribution in [0, 0.1) is 0 Å². The second-order valence-corrected chi connectivity index (χ2v) is 8.27. The number of carbonyl (C=O) groups excluding carboxylic acids is 1. The molecule has 1 aliphatic heterocycles. The minimum atomic E-state index is -0.0284. The highest BCUT2D eigenvalue weighted by molar-refractivity contribution is 6.31. The first-order valence-electron chi connectivity index (χ1n) is 10.6. The fourth-order valence-corrected chi connectivity index (χ4v) is 4.31. The minimum Gasteiger partial charge on any atom is -0.497 e. The molecular weight excluding hydrogens is 440 g/mol. The summed E-state index contributed by atoms with van der Waals surface area (Å²) in [5, 5.41) is 1.37. The Hall–Kier alpha value is -3.78. The summed E-state index contributed by atoms with van der Waals surface area (Å²) in [6, 6.07) is 15.1. The first-order valence-corrected chi connectivity index (χ1v) is 11.0. The Labute approximate surface area is 196 Å². The molecule has 0 radical (unpaired) electrons. The van der Waals surface area contributed by atoms with Crippen LogP contribution >= 0.6 is 11.6 Å². The van der Waals surface area contributed by atoms with Gasteiger partial charge in [0, 0.05) is 54.7 Å². The molecule has 1 aliphatic rings. The molecule has 0 atom stereocenters. The Morgan fingerprint density at radius 3 is 2.52 bits per heavy atom. The molecule has 9 heteroatoms. The van der Waals surface area contributed by atoms with E-state index in [-0.39, 0.29) is 5.91 Å². The predicted octanol–water partition coefficient (Wildman–Crippen LogP) is 3.63. The van der Waals surface area contributed by atoms with Crippen LogP contribution in [0.4, 0.5) is 11.5 Å². The van der Waals surface area contributed by atoms with Crippen molar-refractivity contribution < 1.29 is 9.53 Å². The standard InChI is InChI=1S/C24H23ClN6O2/c1-33-18-5-3-17(4-6-18)29-10-12-30(13-11-29)23(32)20-15-31(24-27-9-8-22(26)28-24)21-14-16(25)2-7-19(20)21/h2-9,14-15H,10-13H2,1H3,(H2,26,27,28). The number of nitrogens with two attached hydrogens (primary N) is 1. The molecule has 1 amide bonds. The number of halogens is 1. The van der Waals surface area contributed by atoms with Crippen LogP contribution in [0.5, 0.6) is 5.75 Å². The van der Waals surface area contributed by atoms with Crippen LogP contribution in [0.2, 0.25) is 5.02 Å². The van der Waals surface area contributed by atoms with E-state index in [1.54, 1.807) is 36.2 Å². The van der Waals surface area contributed by atoms with E-state index in [4.69, 9.17) is 22.1 Å². The van der Waals surface area contributed by atoms with Crippen molar-refractivity contribution in [1.82, 2.24) is 19.4 Å². The number of benzene rings is 2. The third-order valence-electron chi connectivity index (χ3n) is 5.88. The Bertz CT molecular complexity index is 1310. The second kappa shape index (κ2) is 8.63. The molecule has 168 valence electrons. The van der Waals surface area contributed by atoms with Crippen molar-refractivity contribution in [2.45, 2.75) is 0 Å². The van der Waals surface area contributed by atoms with Crippen LogP contribution in [0.1, 0.15) is 10.4 Å². The summed E-state index contributed by atoms with van der Waals surface area (Å²) in [5.41, 5.74) is 8.32. The molecule has 2 aromatic carbocycles. The van der Waals surface area contributed by atoms with Gasteiger partial charge in [0.1, 0.15) is 11.6 Å². The number of amides is 1. The van der Waals surface area contributed by atoms with Gasteiger partial charge in [-0.15, -0.1) is 0 Å². The number of nitrogen functional groups attached to an aromatic ring is 1. The molecule has 1 saturated heterocycles. The zero-order valence-electron chi connectivity index (χ0n) is 18.1. The van der Waals surface area contributed by atoms with Gasteiger partial charge < -0.3 is 20.3 Å². The molecule has 0 saturated carbocycles. The highest BCUT2D eigenvalue weighted by atomic mass is 35.5. The fraction of sp³-hybridized carbons (Fsp3) is 0.208. The number of fused-ring (bicyclic) bond motifs is 1. The van der Waals surface area contributed by atoms with Crippen LogP contribution in [0.25, 0.3) is 16.9 Å². The molecule has 1 fully saturated rings. The lowest BCUT2D eigenvalue weighted by Crippen LogP contribution is -2.48. The normalized spacial score (nSPS) is 14.0. The number of ether oxygens (including phenoxy) is 1. The average molecular weight is 463 g/mol. The van der Waals surface area contributed by atoms with Crippen LogP contribution in [-0.4, -0.2) is 58.6 Å². The van der Waals surface area contributed by atoms with Gasteiger partial charge in [-0.3, -0.25) is 9.36 Å². The molecule has 8 nitrogen and oxygen atoms in total. The van der Waals surface area contributed by atoms with Gasteiger partial charge in [0.05, 0.1) is 18.2 Å². The van der Waals surface area contributed by atoms with E-state index >= 15 is 0 Å². The van der Waals surface area contributed by atoms with Crippen molar-refractivity contribution in [1.29, 1.82) is 0 Å². The molecule has 0 unspecified atom stereocenters. The number of hydrogen-bond acceptors (Lipinski definition) is 6. The molecule has 5 rings (SSSR count). The maximum absolute atomic E-state index is 13.5. The van der Waals surface area contributed by atoms with Crippen molar-refractivity contribution in [3.63, 3.8) is 0 Å². The number of methoxy groups -OCH3 is 1. The Morgan fingerprint density at radius 2 is 1.82 bits per heavy atom. The van der Waals surface area contributed by atoms with E-state index in [9.17, 15) is 4.79 Å². The zero-order valence-corrected chi connectivity index (χ0v) is 18.9. The van der Waals surface area contributed by atoms with Gasteiger partial charge in [-0.1, -0.05) is 17.7 Å². The van der Waals surface area contributed by atoms with Crippen molar-refractivity contribution in [3.05, 3.63) is 71.5 Å². The first kappa shape index (κ1) is 21.1. The number of aromatic nitrogens is 3. The lowest BCUT2D eigenvalue weighted by molar-refractivity contribution is 0.0748. The molecule has 2 aromatic heterocycles. The molecule has 33 heavy (non-hydrogen) atoms. The first-order chi connectivity index (χ1) is 16.0. The summed E-state index contributed by atoms with van der Waals surface area (Å²) < 4.78 is 7.00. The minimum absolute atomic E-state index is 0.0284. The van der Waals surface area contributed by atoms with Gasteiger partial charge in [0.25, 0.3) is 5.91 Å². The third-order valence-corrected chi connectivity index (χ3v) is 6.12. The predicted molar refractivity (Wildman–Crippen MR) is 129 cm³/mol. The third kappa shape index (κ3) is 4.05. The van der Waals surface area contributed by atoms with E-state index in [1.807, 2.05) is 41.3 Å². The summed E-state index contributed by atoms with van der Waals surface area (Å²) in [6.07, 6.45) is 3.36. The van der Waals surface area contributed by atoms with E-state index in [2.05, 4.69) is 14.9 Å². The van der Waals surface area contributed by atoms with Gasteiger partial charge in [-0.25, -0.2) is 4.98 Å². The van der Waals surface area contributed by atoms with E-state index in [0.717, 1.165) is 35.4 Å². The van der Waals surface area contributed by atoms with Gasteiger partial charge in [0.2, 0.25) is 5.95 Å². The summed E-state index contributed by atoms with van der Waals surface area (Å²) in [6.45, 7) is 2.75. The number of rotatable bonds is 4. The lowest BCUT2D eigenvalue weighted by atomic mass is 10.1. The SMILES string of the molecule is COc1ccc(N2CCN(C(=O)c3cn(-c4nccc(N)n4)c4cc(Cl)ccc34)CC2)cc1. The highest BCUT2D eigenvalue weighted by Gasteiger charge is 2.26. The summed E-state index contributed by atoms with van der Waals surface area (Å²) in [7, 11) is 1.66. The Balaban J connectivity index is 1.41. The van der Waals surface area contributed by atoms with Crippen molar-refractivity contribution >= 4 is 39.9 Å². The molecule has 2 N–H and O–H groups in total. The number of anilines is 2. The Morgan fingerprint density at radius 1 is 1.06 bits per heavy atom. The monoisotopic (exact) mass is 462 g/mol. The molecule has 0 bridgehead atoms. The van der Waals surface area contributed by atoms with Crippen molar-refractivity contribution in [2.24, 2.45) is 0 Å². The summed E-state index contributed by atoms with van der Waals surface area (Å²) in [4.78, 5) is 26.3. The molecule has 0 spiro atoms. The number of nitrogens with zero attached hydrogens (tertiary/aromatic N) is 5. The van der Waals surface area contributed by atoms with E-state index in [1.165, 1.54) is 0 Å². The second-order valence-electron chi connectivity index (χ2n) is 7.83. The summed E-state index contributed by atoms with van der Waals surface area (Å²) in [5.74, 6) is 1.55. The summed E-state index contributed by atoms with van der Waals surface area (Å²) >= 11 is 6.25. The van der Waals surface area contributed by atoms with Crippen molar-refractivity contribution in [3.8, 4) is 11.7 Å². The largest absolute Gasteiger partial charge is 0.497 e. The lowest BCUT2D eigenvalue weighted by Gasteiger charge is -2.36. The van der Waals surface area contributed by atoms with Crippen molar-refractivity contribution in [2.75, 3.05) is 43.9 Å². The number of hydrogen-bond donors (Lipinski definition) is 1. The average Bonchev–Trinajstić information content (AvgIpc) is 3.22. The number of carbonyl (C=O) groups is 1. The Kier molecular flexibility index (Phi) is 5.51. The van der Waals surface area contributed by atoms with Gasteiger partial charge in [-0.05, 0) is 42.5 Å². The molecule has 3 heterocycles. The van der Waals surface area contributed by atoms with Gasteiger partial charge >= 0.3 is 0 Å². The topological polar surface area (TPSA) is 89.5 Å². The zero-order chi connectivity index (χ0) is 22.9. The van der Waals surface area contributed by atoms with Crippen LogP contribution in [0.15, 0.2) is 60.9 Å². The molecule has 4 aromatic rings. The maximum Gasteiger partial charge on any atom is 0.256 e. The molecule has 0 aliphatic carbocycles. The fourth-order valence-electron chi connectivity index (χ4n) is 4.15. The van der Waals surface area contributed by atoms with Crippen LogP contribution < -0.4 is 15.4 Å². The number of piperazine rings is 1.